The number of amides is 1. The Labute approximate surface area is 119 Å². The summed E-state index contributed by atoms with van der Waals surface area (Å²) in [5.74, 6) is 1.71. The highest BCUT2D eigenvalue weighted by molar-refractivity contribution is 5.76. The summed E-state index contributed by atoms with van der Waals surface area (Å²) in [5, 5.41) is 10.0. The zero-order valence-electron chi connectivity index (χ0n) is 12.5. The lowest BCUT2D eigenvalue weighted by molar-refractivity contribution is -0.122. The van der Waals surface area contributed by atoms with E-state index in [-0.39, 0.29) is 24.0 Å². The molecule has 0 bridgehead atoms. The summed E-state index contributed by atoms with van der Waals surface area (Å²) in [6, 6.07) is -0.142. The van der Waals surface area contributed by atoms with E-state index in [1.165, 1.54) is 0 Å². The lowest BCUT2D eigenvalue weighted by atomic mass is 10.0. The summed E-state index contributed by atoms with van der Waals surface area (Å²) >= 11 is 0. The molecular weight excluding hydrogens is 256 g/mol. The fraction of sp³-hybridized carbons (Fsp3) is 0.786. The molecule has 0 radical (unpaired) electrons. The fourth-order valence-corrected chi connectivity index (χ4v) is 2.44. The van der Waals surface area contributed by atoms with Gasteiger partial charge in [-0.1, -0.05) is 13.8 Å². The lowest BCUT2D eigenvalue weighted by Gasteiger charge is -2.19. The van der Waals surface area contributed by atoms with Gasteiger partial charge >= 0.3 is 0 Å². The van der Waals surface area contributed by atoms with Crippen LogP contribution in [-0.4, -0.2) is 33.8 Å². The van der Waals surface area contributed by atoms with Gasteiger partial charge < -0.3 is 10.1 Å². The maximum absolute atomic E-state index is 12.1. The molecule has 1 fully saturated rings. The maximum Gasteiger partial charge on any atom is 0.220 e. The number of carbonyl (C=O) groups is 1. The van der Waals surface area contributed by atoms with Gasteiger partial charge in [-0.25, -0.2) is 4.98 Å². The van der Waals surface area contributed by atoms with E-state index in [0.717, 1.165) is 31.7 Å². The van der Waals surface area contributed by atoms with Gasteiger partial charge in [-0.05, 0) is 32.1 Å². The lowest BCUT2D eigenvalue weighted by Crippen LogP contribution is -2.33. The standard InChI is InChI=1S/C14H24N4O2/c1-9(2)13(14-15-10(3)17-18-14)16-12(19)7-6-11-5-4-8-20-11/h9,11,13H,4-8H2,1-3H3,(H,16,19)(H,15,17,18). The predicted molar refractivity (Wildman–Crippen MR) is 75.0 cm³/mol. The molecule has 1 aromatic heterocycles. The molecule has 20 heavy (non-hydrogen) atoms. The average molecular weight is 280 g/mol. The van der Waals surface area contributed by atoms with Crippen LogP contribution < -0.4 is 5.32 Å². The molecule has 2 rings (SSSR count). The first kappa shape index (κ1) is 15.0. The average Bonchev–Trinajstić information content (AvgIpc) is 3.04. The highest BCUT2D eigenvalue weighted by atomic mass is 16.5. The normalized spacial score (nSPS) is 20.3. The Hall–Kier alpha value is -1.43. The first-order chi connectivity index (χ1) is 9.56. The summed E-state index contributed by atoms with van der Waals surface area (Å²) in [4.78, 5) is 16.4. The molecule has 2 N–H and O–H groups in total. The van der Waals surface area contributed by atoms with Crippen LogP contribution in [0.3, 0.4) is 0 Å². The number of nitrogens with zero attached hydrogens (tertiary/aromatic N) is 2. The molecule has 1 aliphatic rings. The predicted octanol–water partition coefficient (Wildman–Crippen LogP) is 1.89. The zero-order valence-corrected chi connectivity index (χ0v) is 12.5. The number of rotatable bonds is 6. The third kappa shape index (κ3) is 4.03. The smallest absolute Gasteiger partial charge is 0.220 e. The number of carbonyl (C=O) groups excluding carboxylic acids is 1. The highest BCUT2D eigenvalue weighted by Gasteiger charge is 2.23. The van der Waals surface area contributed by atoms with Crippen molar-refractivity contribution < 1.29 is 9.53 Å². The molecule has 0 aliphatic carbocycles. The van der Waals surface area contributed by atoms with Gasteiger partial charge in [0.15, 0.2) is 5.82 Å². The molecular formula is C14H24N4O2. The van der Waals surface area contributed by atoms with Crippen LogP contribution in [0.1, 0.15) is 57.2 Å². The van der Waals surface area contributed by atoms with Gasteiger partial charge in [0, 0.05) is 13.0 Å². The minimum atomic E-state index is -0.142. The number of H-pyrrole nitrogens is 1. The van der Waals surface area contributed by atoms with Crippen LogP contribution in [0.4, 0.5) is 0 Å². The van der Waals surface area contributed by atoms with Crippen molar-refractivity contribution in [2.45, 2.75) is 58.6 Å². The number of aryl methyl sites for hydroxylation is 1. The molecule has 2 heterocycles. The van der Waals surface area contributed by atoms with Crippen LogP contribution in [0, 0.1) is 12.8 Å². The number of hydrogen-bond donors (Lipinski definition) is 2. The van der Waals surface area contributed by atoms with Crippen molar-refractivity contribution in [2.24, 2.45) is 5.92 Å². The largest absolute Gasteiger partial charge is 0.378 e. The van der Waals surface area contributed by atoms with Crippen molar-refractivity contribution in [3.05, 3.63) is 11.6 Å². The van der Waals surface area contributed by atoms with Crippen molar-refractivity contribution in [2.75, 3.05) is 6.61 Å². The van der Waals surface area contributed by atoms with Crippen molar-refractivity contribution in [3.8, 4) is 0 Å². The number of nitrogens with one attached hydrogen (secondary N) is 2. The van der Waals surface area contributed by atoms with E-state index in [1.807, 2.05) is 6.92 Å². The summed E-state index contributed by atoms with van der Waals surface area (Å²) in [6.07, 6.45) is 3.73. The van der Waals surface area contributed by atoms with E-state index < -0.39 is 0 Å². The number of hydrogen-bond acceptors (Lipinski definition) is 4. The monoisotopic (exact) mass is 280 g/mol. The maximum atomic E-state index is 12.1. The Kier molecular flexibility index (Phi) is 5.11. The second-order valence-electron chi connectivity index (χ2n) is 5.74. The molecule has 6 heteroatoms. The molecule has 1 aromatic rings. The number of aromatic nitrogens is 3. The van der Waals surface area contributed by atoms with Crippen LogP contribution >= 0.6 is 0 Å². The Balaban J connectivity index is 1.85. The first-order valence-corrected chi connectivity index (χ1v) is 7.36. The molecule has 0 aromatic carbocycles. The Bertz CT molecular complexity index is 438. The molecule has 6 nitrogen and oxygen atoms in total. The molecule has 112 valence electrons. The van der Waals surface area contributed by atoms with Crippen LogP contribution in [0.25, 0.3) is 0 Å². The minimum absolute atomic E-state index is 0.0432. The minimum Gasteiger partial charge on any atom is -0.378 e. The first-order valence-electron chi connectivity index (χ1n) is 7.36. The molecule has 1 saturated heterocycles. The summed E-state index contributed by atoms with van der Waals surface area (Å²) in [7, 11) is 0. The van der Waals surface area contributed by atoms with Crippen molar-refractivity contribution in [1.29, 1.82) is 0 Å². The Morgan fingerprint density at radius 3 is 2.90 bits per heavy atom. The quantitative estimate of drug-likeness (QED) is 0.834. The number of aromatic amines is 1. The van der Waals surface area contributed by atoms with E-state index >= 15 is 0 Å². The highest BCUT2D eigenvalue weighted by Crippen LogP contribution is 2.20. The van der Waals surface area contributed by atoms with Gasteiger partial charge in [0.05, 0.1) is 12.1 Å². The molecule has 1 amide bonds. The van der Waals surface area contributed by atoms with Crippen LogP contribution in [-0.2, 0) is 9.53 Å². The van der Waals surface area contributed by atoms with Gasteiger partial charge in [-0.3, -0.25) is 9.89 Å². The van der Waals surface area contributed by atoms with Crippen molar-refractivity contribution >= 4 is 5.91 Å². The second kappa shape index (κ2) is 6.83. The topological polar surface area (TPSA) is 79.9 Å². The fourth-order valence-electron chi connectivity index (χ4n) is 2.44. The summed E-state index contributed by atoms with van der Waals surface area (Å²) < 4.78 is 5.53. The van der Waals surface area contributed by atoms with Crippen molar-refractivity contribution in [3.63, 3.8) is 0 Å². The van der Waals surface area contributed by atoms with Crippen LogP contribution in [0.15, 0.2) is 0 Å². The van der Waals surface area contributed by atoms with Crippen LogP contribution in [0.2, 0.25) is 0 Å². The molecule has 0 saturated carbocycles. The summed E-state index contributed by atoms with van der Waals surface area (Å²) in [5.41, 5.74) is 0. The third-order valence-corrected chi connectivity index (χ3v) is 3.59. The van der Waals surface area contributed by atoms with E-state index in [9.17, 15) is 4.79 Å². The molecule has 2 unspecified atom stereocenters. The van der Waals surface area contributed by atoms with E-state index in [4.69, 9.17) is 4.74 Å². The summed E-state index contributed by atoms with van der Waals surface area (Å²) in [6.45, 7) is 6.79. The van der Waals surface area contributed by atoms with Gasteiger partial charge in [0.25, 0.3) is 0 Å². The Morgan fingerprint density at radius 2 is 2.35 bits per heavy atom. The number of ether oxygens (including phenoxy) is 1. The molecule has 2 atom stereocenters. The van der Waals surface area contributed by atoms with E-state index in [2.05, 4.69) is 34.3 Å². The third-order valence-electron chi connectivity index (χ3n) is 3.59. The van der Waals surface area contributed by atoms with Crippen LogP contribution in [0.5, 0.6) is 0 Å². The Morgan fingerprint density at radius 1 is 1.55 bits per heavy atom. The zero-order chi connectivity index (χ0) is 14.5. The molecule has 0 spiro atoms. The van der Waals surface area contributed by atoms with Gasteiger partial charge in [-0.2, -0.15) is 5.10 Å². The van der Waals surface area contributed by atoms with E-state index in [1.54, 1.807) is 0 Å². The molecule has 1 aliphatic heterocycles. The van der Waals surface area contributed by atoms with Crippen molar-refractivity contribution in [1.82, 2.24) is 20.5 Å². The van der Waals surface area contributed by atoms with Gasteiger partial charge in [-0.15, -0.1) is 0 Å². The van der Waals surface area contributed by atoms with Gasteiger partial charge in [0.2, 0.25) is 5.91 Å². The second-order valence-corrected chi connectivity index (χ2v) is 5.74. The van der Waals surface area contributed by atoms with Gasteiger partial charge in [0.1, 0.15) is 5.82 Å². The SMILES string of the molecule is Cc1nc(C(NC(=O)CCC2CCCO2)C(C)C)n[nH]1. The van der Waals surface area contributed by atoms with E-state index in [0.29, 0.717) is 12.2 Å².